The van der Waals surface area contributed by atoms with Crippen LogP contribution in [0.5, 0.6) is 0 Å². The summed E-state index contributed by atoms with van der Waals surface area (Å²) >= 11 is 0. The summed E-state index contributed by atoms with van der Waals surface area (Å²) in [5, 5.41) is 9.13. The van der Waals surface area contributed by atoms with Gasteiger partial charge in [0.2, 0.25) is 0 Å². The lowest BCUT2D eigenvalue weighted by Gasteiger charge is -2.04. The van der Waals surface area contributed by atoms with Crippen molar-refractivity contribution in [3.05, 3.63) is 12.3 Å². The maximum atomic E-state index is 9.13. The fourth-order valence-corrected chi connectivity index (χ4v) is 0.397. The number of ether oxygens (including phenoxy) is 1. The van der Waals surface area contributed by atoms with Crippen molar-refractivity contribution >= 4 is 0 Å². The normalized spacial score (nSPS) is 10.9. The highest BCUT2D eigenvalue weighted by molar-refractivity contribution is 5.19. The van der Waals surface area contributed by atoms with Gasteiger partial charge in [-0.15, -0.1) is 0 Å². The van der Waals surface area contributed by atoms with E-state index in [-0.39, 0.29) is 0 Å². The van der Waals surface area contributed by atoms with Gasteiger partial charge in [0.05, 0.1) is 12.9 Å². The van der Waals surface area contributed by atoms with Crippen molar-refractivity contribution < 1.29 is 9.84 Å². The quantitative estimate of drug-likeness (QED) is 0.480. The number of aliphatic hydroxyl groups is 1. The molecule has 0 saturated carbocycles. The van der Waals surface area contributed by atoms with Crippen LogP contribution in [-0.2, 0) is 4.74 Å². The maximum absolute atomic E-state index is 9.13. The highest BCUT2D eigenvalue weighted by atomic mass is 16.5. The van der Waals surface area contributed by atoms with Crippen LogP contribution in [0.1, 0.15) is 20.8 Å². The van der Waals surface area contributed by atoms with Crippen LogP contribution in [0.2, 0.25) is 0 Å². The second kappa shape index (κ2) is 4.81. The summed E-state index contributed by atoms with van der Waals surface area (Å²) < 4.78 is 4.88. The molecule has 2 nitrogen and oxygen atoms in total. The second-order valence-electron chi connectivity index (χ2n) is 2.59. The van der Waals surface area contributed by atoms with Crippen molar-refractivity contribution in [3.63, 3.8) is 0 Å². The Morgan fingerprint density at radius 3 is 2.64 bits per heavy atom. The van der Waals surface area contributed by atoms with Crippen molar-refractivity contribution in [1.82, 2.24) is 0 Å². The molecule has 1 N–H and O–H groups in total. The Morgan fingerprint density at radius 1 is 1.55 bits per heavy atom. The Morgan fingerprint density at radius 2 is 2.18 bits per heavy atom. The molecule has 0 fully saturated rings. The molecule has 0 aromatic carbocycles. The highest BCUT2D eigenvalue weighted by Crippen LogP contribution is 1.95. The van der Waals surface area contributed by atoms with E-state index in [0.29, 0.717) is 6.61 Å². The molecule has 2 heteroatoms. The molecule has 0 radical (unpaired) electrons. The summed E-state index contributed by atoms with van der Waals surface area (Å²) in [7, 11) is 0. The van der Waals surface area contributed by atoms with Crippen LogP contribution in [-0.4, -0.2) is 17.3 Å². The van der Waals surface area contributed by atoms with E-state index >= 15 is 0 Å². The molecule has 0 aliphatic heterocycles. The van der Waals surface area contributed by atoms with E-state index < -0.39 is 5.60 Å². The third-order valence-corrected chi connectivity index (χ3v) is 0.792. The summed E-state index contributed by atoms with van der Waals surface area (Å²) in [4.78, 5) is 0. The summed E-state index contributed by atoms with van der Waals surface area (Å²) in [6.07, 6.45) is 3.08. The third-order valence-electron chi connectivity index (χ3n) is 0.792. The molecule has 0 unspecified atom stereocenters. The van der Waals surface area contributed by atoms with Gasteiger partial charge in [0.15, 0.2) is 0 Å². The molecule has 0 saturated heterocycles. The van der Waals surface area contributed by atoms with Crippen LogP contribution in [0.3, 0.4) is 0 Å². The number of rotatable bonds is 2. The van der Waals surface area contributed by atoms with Crippen LogP contribution < -0.4 is 0 Å². The molecule has 0 bridgehead atoms. The predicted octanol–water partition coefficient (Wildman–Crippen LogP) is 1.31. The van der Waals surface area contributed by atoms with Gasteiger partial charge >= 0.3 is 0 Å². The van der Waals surface area contributed by atoms with Gasteiger partial charge in [0, 0.05) is 6.08 Å². The van der Waals surface area contributed by atoms with Gasteiger partial charge < -0.3 is 9.84 Å². The van der Waals surface area contributed by atoms with Crippen molar-refractivity contribution in [2.45, 2.75) is 26.4 Å². The Hall–Kier alpha value is -0.940. The largest absolute Gasteiger partial charge is 0.501 e. The van der Waals surface area contributed by atoms with Crippen molar-refractivity contribution in [1.29, 1.82) is 0 Å². The van der Waals surface area contributed by atoms with Gasteiger partial charge in [-0.25, -0.2) is 0 Å². The first-order valence-electron chi connectivity index (χ1n) is 3.58. The molecule has 11 heavy (non-hydrogen) atoms. The fraction of sp³-hybridized carbons (Fsp3) is 0.556. The minimum Gasteiger partial charge on any atom is -0.501 e. The van der Waals surface area contributed by atoms with Crippen LogP contribution >= 0.6 is 0 Å². The smallest absolute Gasteiger partial charge is 0.120 e. The Labute approximate surface area is 67.9 Å². The molecule has 0 rings (SSSR count). The van der Waals surface area contributed by atoms with Gasteiger partial charge in [0.25, 0.3) is 0 Å². The topological polar surface area (TPSA) is 29.5 Å². The van der Waals surface area contributed by atoms with Crippen LogP contribution in [0, 0.1) is 11.8 Å². The summed E-state index contributed by atoms with van der Waals surface area (Å²) in [5.41, 5.74) is -0.920. The lowest BCUT2D eigenvalue weighted by molar-refractivity contribution is 0.143. The molecule has 0 aromatic rings. The molecule has 0 amide bonds. The molecule has 0 spiro atoms. The van der Waals surface area contributed by atoms with Crippen LogP contribution in [0.25, 0.3) is 0 Å². The monoisotopic (exact) mass is 154 g/mol. The maximum Gasteiger partial charge on any atom is 0.120 e. The number of hydrogen-bond acceptors (Lipinski definition) is 2. The van der Waals surface area contributed by atoms with Gasteiger partial charge in [0.1, 0.15) is 5.60 Å². The van der Waals surface area contributed by atoms with E-state index in [1.807, 2.05) is 6.92 Å². The minimum atomic E-state index is -0.920. The Kier molecular flexibility index (Phi) is 4.40. The molecule has 0 atom stereocenters. The Balaban J connectivity index is 3.72. The lowest BCUT2D eigenvalue weighted by atomic mass is 10.1. The fourth-order valence-electron chi connectivity index (χ4n) is 0.397. The number of allylic oxidation sites excluding steroid dienone is 1. The molecule has 62 valence electrons. The Bertz CT molecular complexity index is 176. The molecule has 0 aliphatic carbocycles. The van der Waals surface area contributed by atoms with Crippen molar-refractivity contribution in [2.75, 3.05) is 6.61 Å². The minimum absolute atomic E-state index is 0.640. The van der Waals surface area contributed by atoms with E-state index in [4.69, 9.17) is 9.84 Å². The second-order valence-corrected chi connectivity index (χ2v) is 2.59. The molecule has 0 aromatic heterocycles. The van der Waals surface area contributed by atoms with E-state index in [2.05, 4.69) is 11.8 Å². The standard InChI is InChI=1S/C9H14O2/c1-4-11-8-6-5-7-9(2,3)10/h6,8,10H,4H2,1-3H3. The molecule has 0 aliphatic rings. The van der Waals surface area contributed by atoms with Crippen molar-refractivity contribution in [2.24, 2.45) is 0 Å². The van der Waals surface area contributed by atoms with Crippen molar-refractivity contribution in [3.8, 4) is 11.8 Å². The third kappa shape index (κ3) is 9.06. The zero-order valence-electron chi connectivity index (χ0n) is 7.22. The zero-order valence-corrected chi connectivity index (χ0v) is 7.22. The zero-order chi connectivity index (χ0) is 8.74. The predicted molar refractivity (Wildman–Crippen MR) is 44.8 cm³/mol. The van der Waals surface area contributed by atoms with Crippen LogP contribution in [0.15, 0.2) is 12.3 Å². The average Bonchev–Trinajstić information content (AvgIpc) is 1.85. The van der Waals surface area contributed by atoms with E-state index in [9.17, 15) is 0 Å². The summed E-state index contributed by atoms with van der Waals surface area (Å²) in [6.45, 7) is 5.80. The molecular formula is C9H14O2. The van der Waals surface area contributed by atoms with Gasteiger partial charge in [-0.1, -0.05) is 11.8 Å². The van der Waals surface area contributed by atoms with E-state index in [1.54, 1.807) is 19.9 Å². The number of hydrogen-bond donors (Lipinski definition) is 1. The summed E-state index contributed by atoms with van der Waals surface area (Å²) in [5.74, 6) is 5.27. The first-order chi connectivity index (χ1) is 5.06. The summed E-state index contributed by atoms with van der Waals surface area (Å²) in [6, 6.07) is 0. The SMILES string of the molecule is CCOC=CC#CC(C)(C)O. The molecular weight excluding hydrogens is 140 g/mol. The van der Waals surface area contributed by atoms with Gasteiger partial charge in [-0.05, 0) is 20.8 Å². The first-order valence-corrected chi connectivity index (χ1v) is 3.58. The highest BCUT2D eigenvalue weighted by Gasteiger charge is 2.04. The van der Waals surface area contributed by atoms with E-state index in [0.717, 1.165) is 0 Å². The van der Waals surface area contributed by atoms with Gasteiger partial charge in [-0.3, -0.25) is 0 Å². The first kappa shape index (κ1) is 10.1. The van der Waals surface area contributed by atoms with Gasteiger partial charge in [-0.2, -0.15) is 0 Å². The van der Waals surface area contributed by atoms with Crippen LogP contribution in [0.4, 0.5) is 0 Å². The lowest BCUT2D eigenvalue weighted by Crippen LogP contribution is -2.14. The van der Waals surface area contributed by atoms with E-state index in [1.165, 1.54) is 6.26 Å². The average molecular weight is 154 g/mol. The molecule has 0 heterocycles.